The number of hydrogen-bond acceptors (Lipinski definition) is 2. The van der Waals surface area contributed by atoms with E-state index in [1.165, 1.54) is 38.8 Å². The zero-order valence-electron chi connectivity index (χ0n) is 25.6. The standard InChI is InChI=1S/C27H37N2.C8H11Si.Cu/c1-18(2)22-11-9-12-23(19(3)4)26(22)28-15-16-29(17-28)27-24(20(5)6)13-10-14-25(27)21(7)8;1-9(2)8-6-4-3-5-7-8;/h9-21H,1-8H3;3-7H,1-2H3;/q-1;;+1. The van der Waals surface area contributed by atoms with E-state index < -0.39 is 0 Å². The summed E-state index contributed by atoms with van der Waals surface area (Å²) < 4.78 is 0. The van der Waals surface area contributed by atoms with Crippen LogP contribution >= 0.6 is 0 Å². The van der Waals surface area contributed by atoms with Crippen LogP contribution in [0.1, 0.15) is 101 Å². The SMILES string of the molecule is CC(C)c1cccc(C(C)C)c1N1C=CN(c2c(C(C)C)cccc2C(C)C)[CH-]1.C[Si](C)c1ccccc1.[Cu+]. The van der Waals surface area contributed by atoms with E-state index in [4.69, 9.17) is 0 Å². The molecule has 0 saturated heterocycles. The van der Waals surface area contributed by atoms with E-state index in [9.17, 15) is 0 Å². The zero-order valence-corrected chi connectivity index (χ0v) is 27.5. The second-order valence-corrected chi connectivity index (χ2v) is 14.4. The predicted molar refractivity (Wildman–Crippen MR) is 171 cm³/mol. The molecule has 0 aromatic heterocycles. The first-order chi connectivity index (χ1) is 18.0. The van der Waals surface area contributed by atoms with Crippen molar-refractivity contribution in [2.75, 3.05) is 9.80 Å². The Bertz CT molecular complexity index is 1070. The largest absolute Gasteiger partial charge is 1.00 e. The van der Waals surface area contributed by atoms with Gasteiger partial charge in [-0.1, -0.05) is 140 Å². The number of para-hydroxylation sites is 2. The van der Waals surface area contributed by atoms with E-state index in [0.717, 1.165) is 0 Å². The quantitative estimate of drug-likeness (QED) is 0.200. The first-order valence-corrected chi connectivity index (χ1v) is 16.7. The molecule has 4 rings (SSSR count). The maximum atomic E-state index is 2.33. The number of rotatable bonds is 7. The summed E-state index contributed by atoms with van der Waals surface area (Å²) in [5.41, 5.74) is 8.29. The van der Waals surface area contributed by atoms with Crippen LogP contribution in [0.15, 0.2) is 79.1 Å². The Morgan fingerprint density at radius 1 is 0.513 bits per heavy atom. The van der Waals surface area contributed by atoms with E-state index in [-0.39, 0.29) is 25.9 Å². The van der Waals surface area contributed by atoms with Crippen LogP contribution in [0.25, 0.3) is 0 Å². The van der Waals surface area contributed by atoms with Crippen LogP contribution in [0.2, 0.25) is 13.1 Å². The minimum Gasteiger partial charge on any atom is -0.479 e. The fraction of sp³-hybridized carbons (Fsp3) is 0.400. The molecule has 0 unspecified atom stereocenters. The van der Waals surface area contributed by atoms with Crippen LogP contribution in [0.4, 0.5) is 11.4 Å². The number of benzene rings is 3. The van der Waals surface area contributed by atoms with Crippen LogP contribution in [0.3, 0.4) is 0 Å². The van der Waals surface area contributed by atoms with Crippen molar-refractivity contribution < 1.29 is 17.1 Å². The monoisotopic (exact) mass is 587 g/mol. The van der Waals surface area contributed by atoms with Gasteiger partial charge in [-0.3, -0.25) is 0 Å². The van der Waals surface area contributed by atoms with Gasteiger partial charge in [-0.05, 0) is 58.3 Å². The van der Waals surface area contributed by atoms with Crippen LogP contribution in [-0.4, -0.2) is 8.80 Å². The molecule has 3 aromatic rings. The van der Waals surface area contributed by atoms with Crippen LogP contribution in [-0.2, 0) is 17.1 Å². The second-order valence-electron chi connectivity index (χ2n) is 11.8. The normalized spacial score (nSPS) is 13.0. The summed E-state index contributed by atoms with van der Waals surface area (Å²) in [4.78, 5) is 4.65. The van der Waals surface area contributed by atoms with E-state index in [1.807, 2.05) is 0 Å². The molecule has 39 heavy (non-hydrogen) atoms. The summed E-state index contributed by atoms with van der Waals surface area (Å²) in [6, 6.07) is 24.2. The van der Waals surface area contributed by atoms with Crippen molar-refractivity contribution in [2.45, 2.75) is 92.2 Å². The minimum absolute atomic E-state index is 0. The molecule has 1 heterocycles. The van der Waals surface area contributed by atoms with Crippen molar-refractivity contribution in [1.82, 2.24) is 0 Å². The van der Waals surface area contributed by atoms with Gasteiger partial charge in [-0.25, -0.2) is 0 Å². The van der Waals surface area contributed by atoms with Gasteiger partial charge in [0.1, 0.15) is 0 Å². The van der Waals surface area contributed by atoms with Crippen molar-refractivity contribution in [3.05, 3.63) is 108 Å². The fourth-order valence-corrected chi connectivity index (χ4v) is 5.87. The molecule has 1 aliphatic heterocycles. The third-order valence-electron chi connectivity index (χ3n) is 7.19. The van der Waals surface area contributed by atoms with E-state index in [0.29, 0.717) is 23.7 Å². The van der Waals surface area contributed by atoms with Crippen LogP contribution < -0.4 is 15.0 Å². The molecule has 213 valence electrons. The number of hydrogen-bond donors (Lipinski definition) is 0. The van der Waals surface area contributed by atoms with Crippen molar-refractivity contribution >= 4 is 25.4 Å². The molecule has 1 radical (unpaired) electrons. The molecule has 0 N–H and O–H groups in total. The molecule has 0 atom stereocenters. The summed E-state index contributed by atoms with van der Waals surface area (Å²) in [6.45, 7) is 25.1. The summed E-state index contributed by atoms with van der Waals surface area (Å²) in [5.74, 6) is 1.92. The molecule has 3 aromatic carbocycles. The average Bonchev–Trinajstić information content (AvgIpc) is 3.38. The number of nitrogens with zero attached hydrogens (tertiary/aromatic N) is 2. The molecule has 0 spiro atoms. The maximum Gasteiger partial charge on any atom is 1.00 e. The molecular formula is C35H48CuN2Si. The van der Waals surface area contributed by atoms with Gasteiger partial charge in [0.15, 0.2) is 0 Å². The number of anilines is 2. The van der Waals surface area contributed by atoms with Crippen molar-refractivity contribution in [2.24, 2.45) is 0 Å². The molecule has 0 aliphatic carbocycles. The Kier molecular flexibility index (Phi) is 12.6. The molecule has 1 aliphatic rings. The summed E-state index contributed by atoms with van der Waals surface area (Å²) >= 11 is 0. The molecule has 0 amide bonds. The average molecular weight is 588 g/mol. The van der Waals surface area contributed by atoms with Crippen LogP contribution in [0.5, 0.6) is 0 Å². The third-order valence-corrected chi connectivity index (χ3v) is 8.68. The van der Waals surface area contributed by atoms with E-state index >= 15 is 0 Å². The Morgan fingerprint density at radius 2 is 0.846 bits per heavy atom. The first kappa shape index (κ1) is 32.9. The Balaban J connectivity index is 0.000000453. The zero-order chi connectivity index (χ0) is 28.0. The van der Waals surface area contributed by atoms with Gasteiger partial charge < -0.3 is 9.80 Å². The maximum absolute atomic E-state index is 2.33. The van der Waals surface area contributed by atoms with Gasteiger partial charge in [0.2, 0.25) is 0 Å². The van der Waals surface area contributed by atoms with Crippen molar-refractivity contribution in [1.29, 1.82) is 0 Å². The predicted octanol–water partition coefficient (Wildman–Crippen LogP) is 9.74. The topological polar surface area (TPSA) is 6.48 Å². The summed E-state index contributed by atoms with van der Waals surface area (Å²) in [6.07, 6.45) is 4.43. The van der Waals surface area contributed by atoms with Crippen molar-refractivity contribution in [3.8, 4) is 0 Å². The van der Waals surface area contributed by atoms with Crippen molar-refractivity contribution in [3.63, 3.8) is 0 Å². The molecule has 0 saturated carbocycles. The van der Waals surface area contributed by atoms with E-state index in [1.54, 1.807) is 0 Å². The third kappa shape index (κ3) is 8.13. The second kappa shape index (κ2) is 14.9. The fourth-order valence-electron chi connectivity index (χ4n) is 5.01. The van der Waals surface area contributed by atoms with Crippen LogP contribution in [0, 0.1) is 6.67 Å². The van der Waals surface area contributed by atoms with E-state index in [2.05, 4.69) is 164 Å². The van der Waals surface area contributed by atoms with Gasteiger partial charge in [-0.15, -0.1) is 6.67 Å². The molecule has 0 bridgehead atoms. The Labute approximate surface area is 251 Å². The van der Waals surface area contributed by atoms with Gasteiger partial charge in [-0.2, -0.15) is 0 Å². The smallest absolute Gasteiger partial charge is 0.479 e. The first-order valence-electron chi connectivity index (χ1n) is 14.2. The Hall–Kier alpha value is -2.26. The minimum atomic E-state index is -0.212. The summed E-state index contributed by atoms with van der Waals surface area (Å²) in [7, 11) is -0.212. The summed E-state index contributed by atoms with van der Waals surface area (Å²) in [5, 5.41) is 1.52. The van der Waals surface area contributed by atoms with Gasteiger partial charge in [0.25, 0.3) is 0 Å². The molecule has 4 heteroatoms. The van der Waals surface area contributed by atoms with Gasteiger partial charge in [0.05, 0.1) is 8.80 Å². The van der Waals surface area contributed by atoms with Gasteiger partial charge in [0, 0.05) is 11.4 Å². The molecular weight excluding hydrogens is 540 g/mol. The Morgan fingerprint density at radius 3 is 1.10 bits per heavy atom. The molecule has 0 fully saturated rings. The molecule has 2 nitrogen and oxygen atoms in total. The van der Waals surface area contributed by atoms with Gasteiger partial charge >= 0.3 is 17.1 Å².